The quantitative estimate of drug-likeness (QED) is 0.154. The number of para-hydroxylation sites is 2. The van der Waals surface area contributed by atoms with Crippen LogP contribution in [0.25, 0.3) is 20.8 Å². The SMILES string of the molecule is [Cu+2].c1ccc(CN(Cc2ccccn2)Cc2cccc(COc3ccccc3-c3nc4ccccc4s3)n2)cc1. The van der Waals surface area contributed by atoms with E-state index in [1.807, 2.05) is 66.9 Å². The summed E-state index contributed by atoms with van der Waals surface area (Å²) in [4.78, 5) is 16.7. The number of aromatic nitrogens is 3. The number of pyridine rings is 2. The molecule has 6 rings (SSSR count). The van der Waals surface area contributed by atoms with Crippen LogP contribution in [0.1, 0.15) is 22.6 Å². The molecule has 0 fully saturated rings. The second-order valence-electron chi connectivity index (χ2n) is 9.34. The third kappa shape index (κ3) is 7.00. The van der Waals surface area contributed by atoms with Crippen LogP contribution >= 0.6 is 11.3 Å². The van der Waals surface area contributed by atoms with E-state index in [-0.39, 0.29) is 17.1 Å². The van der Waals surface area contributed by atoms with Crippen LogP contribution in [0, 0.1) is 0 Å². The number of nitrogens with zero attached hydrogens (tertiary/aromatic N) is 4. The van der Waals surface area contributed by atoms with E-state index in [1.54, 1.807) is 11.3 Å². The number of hydrogen-bond acceptors (Lipinski definition) is 6. The first-order valence-electron chi connectivity index (χ1n) is 13.0. The van der Waals surface area contributed by atoms with Gasteiger partial charge in [0.1, 0.15) is 17.4 Å². The van der Waals surface area contributed by atoms with Crippen LogP contribution in [-0.2, 0) is 43.3 Å². The van der Waals surface area contributed by atoms with Crippen molar-refractivity contribution in [1.29, 1.82) is 0 Å². The van der Waals surface area contributed by atoms with Gasteiger partial charge in [-0.2, -0.15) is 0 Å². The summed E-state index contributed by atoms with van der Waals surface area (Å²) in [6.45, 7) is 2.65. The van der Waals surface area contributed by atoms with Crippen LogP contribution in [0.2, 0.25) is 0 Å². The molecular weight excluding hydrogens is 564 g/mol. The van der Waals surface area contributed by atoms with Crippen molar-refractivity contribution in [3.8, 4) is 16.3 Å². The molecule has 0 aliphatic heterocycles. The molecule has 1 radical (unpaired) electrons. The predicted octanol–water partition coefficient (Wildman–Crippen LogP) is 7.53. The van der Waals surface area contributed by atoms with Gasteiger partial charge in [-0.25, -0.2) is 4.98 Å². The summed E-state index contributed by atoms with van der Waals surface area (Å²) < 4.78 is 7.47. The number of rotatable bonds is 10. The summed E-state index contributed by atoms with van der Waals surface area (Å²) in [5.41, 5.74) is 6.21. The molecule has 3 aromatic heterocycles. The molecule has 40 heavy (non-hydrogen) atoms. The molecule has 0 saturated carbocycles. The Hall–Kier alpha value is -3.87. The van der Waals surface area contributed by atoms with Crippen LogP contribution in [-0.4, -0.2) is 19.9 Å². The minimum Gasteiger partial charge on any atom is -0.487 e. The van der Waals surface area contributed by atoms with Gasteiger partial charge in [-0.15, -0.1) is 11.3 Å². The van der Waals surface area contributed by atoms with E-state index >= 15 is 0 Å². The van der Waals surface area contributed by atoms with E-state index in [4.69, 9.17) is 14.7 Å². The Bertz CT molecular complexity index is 1590. The molecule has 0 spiro atoms. The molecule has 0 saturated heterocycles. The topological polar surface area (TPSA) is 51.1 Å². The van der Waals surface area contributed by atoms with Gasteiger partial charge < -0.3 is 4.74 Å². The summed E-state index contributed by atoms with van der Waals surface area (Å²) >= 11 is 1.68. The fraction of sp³-hybridized carbons (Fsp3) is 0.121. The van der Waals surface area contributed by atoms with Gasteiger partial charge in [0, 0.05) is 25.8 Å². The maximum atomic E-state index is 6.31. The molecule has 0 N–H and O–H groups in total. The fourth-order valence-electron chi connectivity index (χ4n) is 4.57. The second kappa shape index (κ2) is 13.5. The van der Waals surface area contributed by atoms with Gasteiger partial charge in [0.25, 0.3) is 0 Å². The molecule has 201 valence electrons. The first-order valence-corrected chi connectivity index (χ1v) is 13.8. The molecule has 3 heterocycles. The molecule has 0 unspecified atom stereocenters. The minimum absolute atomic E-state index is 0. The molecule has 0 aliphatic carbocycles. The summed E-state index contributed by atoms with van der Waals surface area (Å²) in [6, 6.07) is 39.0. The maximum absolute atomic E-state index is 6.31. The average Bonchev–Trinajstić information content (AvgIpc) is 3.42. The molecule has 3 aromatic carbocycles. The minimum atomic E-state index is 0. The first kappa shape index (κ1) is 27.7. The summed E-state index contributed by atoms with van der Waals surface area (Å²) in [5, 5.41) is 0.958. The number of ether oxygens (including phenoxy) is 1. The summed E-state index contributed by atoms with van der Waals surface area (Å²) in [6.07, 6.45) is 1.85. The molecule has 7 heteroatoms. The van der Waals surface area contributed by atoms with Crippen LogP contribution in [0.3, 0.4) is 0 Å². The predicted molar refractivity (Wildman–Crippen MR) is 157 cm³/mol. The van der Waals surface area contributed by atoms with Gasteiger partial charge in [-0.3, -0.25) is 14.9 Å². The number of benzene rings is 3. The second-order valence-corrected chi connectivity index (χ2v) is 10.4. The number of thiazole rings is 1. The van der Waals surface area contributed by atoms with Crippen molar-refractivity contribution in [2.45, 2.75) is 26.2 Å². The molecular formula is C33H28CuN4OS+2. The van der Waals surface area contributed by atoms with Crippen molar-refractivity contribution in [1.82, 2.24) is 19.9 Å². The number of fused-ring (bicyclic) bond motifs is 1. The Morgan fingerprint density at radius 1 is 0.625 bits per heavy atom. The van der Waals surface area contributed by atoms with Crippen molar-refractivity contribution < 1.29 is 21.8 Å². The Morgan fingerprint density at radius 3 is 2.20 bits per heavy atom. The Balaban J connectivity index is 0.00000323. The third-order valence-corrected chi connectivity index (χ3v) is 7.47. The largest absolute Gasteiger partial charge is 2.00 e. The zero-order valence-corrected chi connectivity index (χ0v) is 23.5. The molecule has 6 aromatic rings. The third-order valence-electron chi connectivity index (χ3n) is 6.40. The normalized spacial score (nSPS) is 10.9. The first-order chi connectivity index (χ1) is 19.3. The van der Waals surface area contributed by atoms with Crippen molar-refractivity contribution in [2.75, 3.05) is 0 Å². The fourth-order valence-corrected chi connectivity index (χ4v) is 5.56. The van der Waals surface area contributed by atoms with E-state index < -0.39 is 0 Å². The molecule has 0 bridgehead atoms. The van der Waals surface area contributed by atoms with Crippen molar-refractivity contribution >= 4 is 21.6 Å². The van der Waals surface area contributed by atoms with Gasteiger partial charge >= 0.3 is 17.1 Å². The molecule has 0 aliphatic rings. The van der Waals surface area contributed by atoms with Crippen LogP contribution in [0.15, 0.2) is 121 Å². The van der Waals surface area contributed by atoms with E-state index in [2.05, 4.69) is 64.5 Å². The maximum Gasteiger partial charge on any atom is 2.00 e. The zero-order valence-electron chi connectivity index (χ0n) is 21.8. The smallest absolute Gasteiger partial charge is 0.487 e. The van der Waals surface area contributed by atoms with Gasteiger partial charge in [-0.05, 0) is 54.1 Å². The zero-order chi connectivity index (χ0) is 26.3. The van der Waals surface area contributed by atoms with Crippen LogP contribution < -0.4 is 4.74 Å². The van der Waals surface area contributed by atoms with E-state index in [9.17, 15) is 0 Å². The van der Waals surface area contributed by atoms with Gasteiger partial charge in [0.15, 0.2) is 0 Å². The standard InChI is InChI=1S/C33H28N4OS.Cu/c1-2-11-25(12-3-1)21-37(22-26-13-8-9-20-34-26)23-27-14-10-15-28(35-27)24-38-31-18-6-4-16-29(31)33-36-30-17-5-7-19-32(30)39-33;/h1-20H,21-24H2;/q;+2. The summed E-state index contributed by atoms with van der Waals surface area (Å²) in [5.74, 6) is 0.810. The van der Waals surface area contributed by atoms with E-state index in [0.29, 0.717) is 13.2 Å². The Kier molecular flexibility index (Phi) is 9.32. The van der Waals surface area contributed by atoms with Gasteiger partial charge in [-0.1, -0.05) is 66.7 Å². The molecule has 0 amide bonds. The Labute approximate surface area is 249 Å². The van der Waals surface area contributed by atoms with Crippen LogP contribution in [0.4, 0.5) is 0 Å². The monoisotopic (exact) mass is 591 g/mol. The summed E-state index contributed by atoms with van der Waals surface area (Å²) in [7, 11) is 0. The van der Waals surface area contributed by atoms with Crippen molar-refractivity contribution in [3.63, 3.8) is 0 Å². The van der Waals surface area contributed by atoms with Gasteiger partial charge in [0.05, 0.1) is 32.9 Å². The van der Waals surface area contributed by atoms with E-state index in [1.165, 1.54) is 10.3 Å². The van der Waals surface area contributed by atoms with Crippen molar-refractivity contribution in [3.05, 3.63) is 144 Å². The molecule has 0 atom stereocenters. The van der Waals surface area contributed by atoms with Gasteiger partial charge in [0.2, 0.25) is 0 Å². The van der Waals surface area contributed by atoms with E-state index in [0.717, 1.165) is 52.0 Å². The Morgan fingerprint density at radius 2 is 1.35 bits per heavy atom. The molecule has 5 nitrogen and oxygen atoms in total. The van der Waals surface area contributed by atoms with Crippen LogP contribution in [0.5, 0.6) is 5.75 Å². The average molecular weight is 592 g/mol. The van der Waals surface area contributed by atoms with Crippen molar-refractivity contribution in [2.24, 2.45) is 0 Å². The number of hydrogen-bond donors (Lipinski definition) is 0.